The molecule has 1 atom stereocenters. The topological polar surface area (TPSA) is 45.1 Å². The molecule has 3 aromatic carbocycles. The predicted molar refractivity (Wildman–Crippen MR) is 107 cm³/mol. The predicted octanol–water partition coefficient (Wildman–Crippen LogP) is 5.68. The summed E-state index contributed by atoms with van der Waals surface area (Å²) in [6.45, 7) is 2.54. The Hall–Kier alpha value is -2.64. The van der Waals surface area contributed by atoms with Crippen molar-refractivity contribution in [2.45, 2.75) is 18.7 Å². The van der Waals surface area contributed by atoms with E-state index in [9.17, 15) is 18.3 Å². The Labute approximate surface area is 163 Å². The first-order chi connectivity index (χ1) is 13.4. The van der Waals surface area contributed by atoms with Crippen LogP contribution in [-0.4, -0.2) is 22.8 Å². The number of alkyl halides is 3. The second-order valence-electron chi connectivity index (χ2n) is 6.43. The Kier molecular flexibility index (Phi) is 4.51. The molecule has 0 saturated heterocycles. The van der Waals surface area contributed by atoms with Gasteiger partial charge in [-0.05, 0) is 30.5 Å². The van der Waals surface area contributed by atoms with Gasteiger partial charge in [0.2, 0.25) is 5.60 Å². The van der Waals surface area contributed by atoms with Crippen molar-refractivity contribution in [3.8, 4) is 0 Å². The van der Waals surface area contributed by atoms with E-state index in [1.54, 1.807) is 54.6 Å². The number of nitrogens with zero attached hydrogens (tertiary/aromatic N) is 1. The van der Waals surface area contributed by atoms with Crippen LogP contribution in [0.25, 0.3) is 21.0 Å². The van der Waals surface area contributed by atoms with Crippen LogP contribution in [-0.2, 0) is 5.60 Å². The molecular weight excluding hydrogens is 385 g/mol. The number of fused-ring (bicyclic) bond motifs is 2. The molecule has 1 aromatic heterocycles. The highest BCUT2D eigenvalue weighted by Crippen LogP contribution is 2.49. The highest BCUT2D eigenvalue weighted by molar-refractivity contribution is 7.18. The third-order valence-corrected chi connectivity index (χ3v) is 5.84. The van der Waals surface area contributed by atoms with Crippen LogP contribution in [0, 0.1) is 0 Å². The number of anilines is 1. The summed E-state index contributed by atoms with van der Waals surface area (Å²) in [5.41, 5.74) is -2.29. The number of hydrogen-bond donors (Lipinski definition) is 2. The Morgan fingerprint density at radius 3 is 2.32 bits per heavy atom. The lowest BCUT2D eigenvalue weighted by molar-refractivity contribution is -0.247. The number of aliphatic hydroxyl groups is 1. The summed E-state index contributed by atoms with van der Waals surface area (Å²) in [6, 6.07) is 16.4. The second-order valence-corrected chi connectivity index (χ2v) is 7.46. The molecule has 0 bridgehead atoms. The molecule has 0 aliphatic heterocycles. The first-order valence-corrected chi connectivity index (χ1v) is 9.59. The highest BCUT2D eigenvalue weighted by atomic mass is 32.1. The fourth-order valence-electron chi connectivity index (χ4n) is 3.38. The number of nitrogens with one attached hydrogen (secondary N) is 1. The normalized spacial score (nSPS) is 14.3. The first kappa shape index (κ1) is 18.7. The van der Waals surface area contributed by atoms with E-state index in [1.807, 2.05) is 6.92 Å². The number of benzene rings is 3. The summed E-state index contributed by atoms with van der Waals surface area (Å²) in [5.74, 6) is 0. The molecule has 0 spiro atoms. The number of rotatable bonds is 4. The van der Waals surface area contributed by atoms with Crippen LogP contribution in [0.15, 0.2) is 60.7 Å². The molecular formula is C21H17F3N2OS. The average Bonchev–Trinajstić information content (AvgIpc) is 3.11. The average molecular weight is 402 g/mol. The third-order valence-electron chi connectivity index (χ3n) is 4.69. The van der Waals surface area contributed by atoms with Crippen LogP contribution >= 0.6 is 11.3 Å². The maximum atomic E-state index is 14.3. The van der Waals surface area contributed by atoms with Crippen LogP contribution in [0.5, 0.6) is 0 Å². The zero-order valence-electron chi connectivity index (χ0n) is 14.9. The minimum atomic E-state index is -4.94. The van der Waals surface area contributed by atoms with Crippen molar-refractivity contribution in [3.63, 3.8) is 0 Å². The fraction of sp³-hybridized carbons (Fsp3) is 0.190. The van der Waals surface area contributed by atoms with Gasteiger partial charge in [-0.1, -0.05) is 42.5 Å². The Morgan fingerprint density at radius 1 is 0.964 bits per heavy atom. The zero-order valence-corrected chi connectivity index (χ0v) is 15.7. The van der Waals surface area contributed by atoms with E-state index < -0.39 is 11.8 Å². The van der Waals surface area contributed by atoms with Crippen molar-refractivity contribution in [1.82, 2.24) is 4.98 Å². The van der Waals surface area contributed by atoms with E-state index >= 15 is 0 Å². The molecule has 0 amide bonds. The summed E-state index contributed by atoms with van der Waals surface area (Å²) >= 11 is 0.852. The van der Waals surface area contributed by atoms with E-state index in [2.05, 4.69) is 10.3 Å². The minimum Gasteiger partial charge on any atom is -0.385 e. The van der Waals surface area contributed by atoms with Gasteiger partial charge in [0.15, 0.2) is 0 Å². The van der Waals surface area contributed by atoms with E-state index in [1.165, 1.54) is 6.07 Å². The molecule has 2 N–H and O–H groups in total. The molecule has 3 nitrogen and oxygen atoms in total. The van der Waals surface area contributed by atoms with Crippen LogP contribution in [0.1, 0.15) is 17.5 Å². The van der Waals surface area contributed by atoms with Crippen molar-refractivity contribution in [2.24, 2.45) is 0 Å². The lowest BCUT2D eigenvalue weighted by Crippen LogP contribution is -2.43. The second kappa shape index (κ2) is 6.76. The summed E-state index contributed by atoms with van der Waals surface area (Å²) in [4.78, 5) is 4.13. The smallest absolute Gasteiger partial charge is 0.385 e. The van der Waals surface area contributed by atoms with Gasteiger partial charge in [0, 0.05) is 23.2 Å². The van der Waals surface area contributed by atoms with Crippen molar-refractivity contribution in [2.75, 3.05) is 11.9 Å². The van der Waals surface area contributed by atoms with Crippen LogP contribution in [0.3, 0.4) is 0 Å². The van der Waals surface area contributed by atoms with Gasteiger partial charge in [-0.15, -0.1) is 11.3 Å². The van der Waals surface area contributed by atoms with E-state index in [0.29, 0.717) is 27.5 Å². The van der Waals surface area contributed by atoms with Gasteiger partial charge in [-0.3, -0.25) is 0 Å². The SMILES string of the molecule is CCNc1ccc([C@](O)(c2nc3ccccc3s2)C(F)(F)F)c2ccccc12. The lowest BCUT2D eigenvalue weighted by Gasteiger charge is -2.30. The van der Waals surface area contributed by atoms with E-state index in [4.69, 9.17) is 0 Å². The number of hydrogen-bond acceptors (Lipinski definition) is 4. The minimum absolute atomic E-state index is 0.226. The lowest BCUT2D eigenvalue weighted by atomic mass is 9.88. The molecule has 0 aliphatic rings. The summed E-state index contributed by atoms with van der Waals surface area (Å²) < 4.78 is 43.4. The quantitative estimate of drug-likeness (QED) is 0.462. The number of para-hydroxylation sites is 1. The number of aromatic nitrogens is 1. The fourth-order valence-corrected chi connectivity index (χ4v) is 4.47. The molecule has 28 heavy (non-hydrogen) atoms. The summed E-state index contributed by atoms with van der Waals surface area (Å²) in [5, 5.41) is 14.8. The van der Waals surface area contributed by atoms with Crippen LogP contribution in [0.4, 0.5) is 18.9 Å². The molecule has 144 valence electrons. The zero-order chi connectivity index (χ0) is 19.9. The van der Waals surface area contributed by atoms with Crippen LogP contribution < -0.4 is 5.32 Å². The molecule has 0 radical (unpaired) electrons. The maximum Gasteiger partial charge on any atom is 0.428 e. The van der Waals surface area contributed by atoms with Gasteiger partial charge in [-0.2, -0.15) is 13.2 Å². The molecule has 4 rings (SSSR count). The van der Waals surface area contributed by atoms with Crippen LogP contribution in [0.2, 0.25) is 0 Å². The Bertz CT molecular complexity index is 1120. The van der Waals surface area contributed by atoms with Crippen molar-refractivity contribution in [1.29, 1.82) is 0 Å². The maximum absolute atomic E-state index is 14.3. The summed E-state index contributed by atoms with van der Waals surface area (Å²) in [7, 11) is 0. The number of halogens is 3. The Balaban J connectivity index is 2.03. The van der Waals surface area contributed by atoms with Gasteiger partial charge in [0.05, 0.1) is 10.2 Å². The molecule has 0 unspecified atom stereocenters. The van der Waals surface area contributed by atoms with Gasteiger partial charge in [0.1, 0.15) is 5.01 Å². The largest absolute Gasteiger partial charge is 0.428 e. The monoisotopic (exact) mass is 402 g/mol. The van der Waals surface area contributed by atoms with Gasteiger partial charge in [0.25, 0.3) is 0 Å². The van der Waals surface area contributed by atoms with Crippen molar-refractivity contribution in [3.05, 3.63) is 71.2 Å². The van der Waals surface area contributed by atoms with E-state index in [0.717, 1.165) is 17.0 Å². The Morgan fingerprint density at radius 2 is 1.64 bits per heavy atom. The highest BCUT2D eigenvalue weighted by Gasteiger charge is 2.59. The van der Waals surface area contributed by atoms with Gasteiger partial charge >= 0.3 is 6.18 Å². The first-order valence-electron chi connectivity index (χ1n) is 8.77. The molecule has 7 heteroatoms. The van der Waals surface area contributed by atoms with Crippen molar-refractivity contribution >= 4 is 38.0 Å². The van der Waals surface area contributed by atoms with Gasteiger partial charge < -0.3 is 10.4 Å². The molecule has 0 saturated carbocycles. The third kappa shape index (κ3) is 2.82. The molecule has 0 aliphatic carbocycles. The number of thiazole rings is 1. The molecule has 1 heterocycles. The van der Waals surface area contributed by atoms with E-state index in [-0.39, 0.29) is 10.6 Å². The standard InChI is InChI=1S/C21H17F3N2OS/c1-2-25-16-12-11-15(13-7-3-4-8-14(13)16)20(27,21(22,23)24)19-26-17-9-5-6-10-18(17)28-19/h3-12,25,27H,2H2,1H3/t20-/m0/s1. The summed E-state index contributed by atoms with van der Waals surface area (Å²) in [6.07, 6.45) is -4.94. The van der Waals surface area contributed by atoms with Gasteiger partial charge in [-0.25, -0.2) is 4.98 Å². The molecule has 4 aromatic rings. The van der Waals surface area contributed by atoms with Crippen molar-refractivity contribution < 1.29 is 18.3 Å². The molecule has 0 fully saturated rings.